The van der Waals surface area contributed by atoms with Gasteiger partial charge in [-0.3, -0.25) is 4.79 Å². The van der Waals surface area contributed by atoms with Crippen LogP contribution in [0.4, 0.5) is 4.39 Å². The number of nitrogens with zero attached hydrogens (tertiary/aromatic N) is 3. The van der Waals surface area contributed by atoms with E-state index >= 15 is 0 Å². The normalized spacial score (nSPS) is 16.5. The third-order valence-electron chi connectivity index (χ3n) is 5.73. The van der Waals surface area contributed by atoms with E-state index in [0.29, 0.717) is 19.5 Å². The standard InChI is InChI=1S/C25H22FN3O/c26-21-12-10-19(11-13-21)15-28-17-20(14-24(28)30)25-27-22-8-4-5-9-23(22)29(25)16-18-6-2-1-3-7-18/h1-13,20H,14-17H2/t20-/m0/s1. The summed E-state index contributed by atoms with van der Waals surface area (Å²) in [6.45, 7) is 1.84. The molecular formula is C25H22FN3O. The smallest absolute Gasteiger partial charge is 0.223 e. The Labute approximate surface area is 174 Å². The number of amides is 1. The van der Waals surface area contributed by atoms with Gasteiger partial charge in [-0.2, -0.15) is 0 Å². The van der Waals surface area contributed by atoms with E-state index < -0.39 is 0 Å². The van der Waals surface area contributed by atoms with Crippen LogP contribution in [-0.2, 0) is 17.9 Å². The largest absolute Gasteiger partial charge is 0.338 e. The van der Waals surface area contributed by atoms with E-state index in [1.807, 2.05) is 41.3 Å². The first kappa shape index (κ1) is 18.6. The summed E-state index contributed by atoms with van der Waals surface area (Å²) in [5, 5.41) is 0. The molecule has 0 bridgehead atoms. The van der Waals surface area contributed by atoms with E-state index in [1.54, 1.807) is 12.1 Å². The Morgan fingerprint density at radius 1 is 0.867 bits per heavy atom. The second kappa shape index (κ2) is 7.75. The number of para-hydroxylation sites is 2. The third kappa shape index (κ3) is 3.59. The fraction of sp³-hybridized carbons (Fsp3) is 0.200. The Kier molecular flexibility index (Phi) is 4.79. The van der Waals surface area contributed by atoms with E-state index in [-0.39, 0.29) is 17.6 Å². The summed E-state index contributed by atoms with van der Waals surface area (Å²) in [6, 6.07) is 24.8. The van der Waals surface area contributed by atoms with Crippen molar-refractivity contribution < 1.29 is 9.18 Å². The predicted octanol–water partition coefficient (Wildman–Crippen LogP) is 4.74. The molecule has 1 aliphatic rings. The molecule has 5 heteroatoms. The highest BCUT2D eigenvalue weighted by Gasteiger charge is 2.34. The molecule has 30 heavy (non-hydrogen) atoms. The van der Waals surface area contributed by atoms with Crippen LogP contribution in [0.3, 0.4) is 0 Å². The lowest BCUT2D eigenvalue weighted by Crippen LogP contribution is -2.24. The lowest BCUT2D eigenvalue weighted by atomic mass is 10.1. The van der Waals surface area contributed by atoms with Crippen LogP contribution < -0.4 is 0 Å². The zero-order valence-electron chi connectivity index (χ0n) is 16.5. The SMILES string of the molecule is O=C1C[C@H](c2nc3ccccc3n2Cc2ccccc2)CN1Cc1ccc(F)cc1. The number of rotatable bonds is 5. The highest BCUT2D eigenvalue weighted by molar-refractivity contribution is 5.81. The first-order chi connectivity index (χ1) is 14.7. The molecule has 0 spiro atoms. The van der Waals surface area contributed by atoms with E-state index in [2.05, 4.69) is 22.8 Å². The number of carbonyl (C=O) groups excluding carboxylic acids is 1. The van der Waals surface area contributed by atoms with E-state index in [4.69, 9.17) is 4.98 Å². The maximum atomic E-state index is 13.2. The number of hydrogen-bond acceptors (Lipinski definition) is 2. The number of likely N-dealkylation sites (tertiary alicyclic amines) is 1. The van der Waals surface area contributed by atoms with E-state index in [9.17, 15) is 9.18 Å². The summed E-state index contributed by atoms with van der Waals surface area (Å²) in [6.07, 6.45) is 0.444. The van der Waals surface area contributed by atoms with Crippen LogP contribution in [0.2, 0.25) is 0 Å². The second-order valence-corrected chi connectivity index (χ2v) is 7.83. The first-order valence-electron chi connectivity index (χ1n) is 10.2. The predicted molar refractivity (Wildman–Crippen MR) is 114 cm³/mol. The molecule has 1 atom stereocenters. The summed E-state index contributed by atoms with van der Waals surface area (Å²) < 4.78 is 15.4. The van der Waals surface area contributed by atoms with Crippen molar-refractivity contribution in [3.8, 4) is 0 Å². The molecule has 2 heterocycles. The van der Waals surface area contributed by atoms with Gasteiger partial charge in [-0.05, 0) is 35.4 Å². The molecule has 1 amide bonds. The van der Waals surface area contributed by atoms with Crippen molar-refractivity contribution in [2.45, 2.75) is 25.4 Å². The molecule has 0 radical (unpaired) electrons. The Morgan fingerprint density at radius 3 is 2.37 bits per heavy atom. The van der Waals surface area contributed by atoms with Crippen LogP contribution in [-0.4, -0.2) is 26.9 Å². The van der Waals surface area contributed by atoms with Crippen LogP contribution in [0.1, 0.15) is 29.3 Å². The highest BCUT2D eigenvalue weighted by Crippen LogP contribution is 2.31. The average Bonchev–Trinajstić information content (AvgIpc) is 3.31. The minimum Gasteiger partial charge on any atom is -0.338 e. The second-order valence-electron chi connectivity index (χ2n) is 7.83. The van der Waals surface area contributed by atoms with Gasteiger partial charge in [0.2, 0.25) is 5.91 Å². The number of halogens is 1. The quantitative estimate of drug-likeness (QED) is 0.486. The molecule has 0 unspecified atom stereocenters. The molecule has 1 aromatic heterocycles. The molecular weight excluding hydrogens is 377 g/mol. The minimum absolute atomic E-state index is 0.0362. The number of aromatic nitrogens is 2. The Hall–Kier alpha value is -3.47. The molecule has 4 nitrogen and oxygen atoms in total. The molecule has 150 valence electrons. The van der Waals surface area contributed by atoms with Gasteiger partial charge in [0.1, 0.15) is 11.6 Å². The number of imidazole rings is 1. The summed E-state index contributed by atoms with van der Waals surface area (Å²) in [4.78, 5) is 19.5. The van der Waals surface area contributed by atoms with Gasteiger partial charge in [0.15, 0.2) is 0 Å². The zero-order chi connectivity index (χ0) is 20.5. The van der Waals surface area contributed by atoms with E-state index in [0.717, 1.165) is 29.0 Å². The number of hydrogen-bond donors (Lipinski definition) is 0. The molecule has 1 saturated heterocycles. The van der Waals surface area contributed by atoms with Crippen molar-refractivity contribution >= 4 is 16.9 Å². The highest BCUT2D eigenvalue weighted by atomic mass is 19.1. The van der Waals surface area contributed by atoms with Crippen LogP contribution in [0, 0.1) is 5.82 Å². The maximum Gasteiger partial charge on any atom is 0.223 e. The van der Waals surface area contributed by atoms with Crippen molar-refractivity contribution in [1.82, 2.24) is 14.5 Å². The summed E-state index contributed by atoms with van der Waals surface area (Å²) >= 11 is 0. The number of fused-ring (bicyclic) bond motifs is 1. The molecule has 4 aromatic rings. The lowest BCUT2D eigenvalue weighted by molar-refractivity contribution is -0.128. The minimum atomic E-state index is -0.265. The number of carbonyl (C=O) groups is 1. The average molecular weight is 399 g/mol. The Balaban J connectivity index is 1.45. The van der Waals surface area contributed by atoms with Gasteiger partial charge in [0, 0.05) is 32.0 Å². The lowest BCUT2D eigenvalue weighted by Gasteiger charge is -2.17. The van der Waals surface area contributed by atoms with Gasteiger partial charge in [-0.15, -0.1) is 0 Å². The van der Waals surface area contributed by atoms with Gasteiger partial charge in [0.05, 0.1) is 11.0 Å². The maximum absolute atomic E-state index is 13.2. The summed E-state index contributed by atoms with van der Waals surface area (Å²) in [5.41, 5.74) is 4.17. The number of benzene rings is 3. The monoisotopic (exact) mass is 399 g/mol. The van der Waals surface area contributed by atoms with Gasteiger partial charge in [-0.1, -0.05) is 54.6 Å². The molecule has 1 aliphatic heterocycles. The molecule has 1 fully saturated rings. The zero-order valence-corrected chi connectivity index (χ0v) is 16.5. The van der Waals surface area contributed by atoms with Crippen LogP contribution in [0.25, 0.3) is 11.0 Å². The topological polar surface area (TPSA) is 38.1 Å². The fourth-order valence-electron chi connectivity index (χ4n) is 4.25. The van der Waals surface area contributed by atoms with Crippen molar-refractivity contribution in [1.29, 1.82) is 0 Å². The molecule has 5 rings (SSSR count). The van der Waals surface area contributed by atoms with Crippen molar-refractivity contribution in [3.05, 3.63) is 102 Å². The molecule has 3 aromatic carbocycles. The Bertz CT molecular complexity index is 1180. The van der Waals surface area contributed by atoms with Crippen molar-refractivity contribution in [3.63, 3.8) is 0 Å². The van der Waals surface area contributed by atoms with Gasteiger partial charge < -0.3 is 9.47 Å². The van der Waals surface area contributed by atoms with Crippen LogP contribution in [0.15, 0.2) is 78.9 Å². The molecule has 0 aliphatic carbocycles. The van der Waals surface area contributed by atoms with Crippen molar-refractivity contribution in [2.24, 2.45) is 0 Å². The Morgan fingerprint density at radius 2 is 1.57 bits per heavy atom. The van der Waals surface area contributed by atoms with Crippen LogP contribution in [0.5, 0.6) is 0 Å². The fourth-order valence-corrected chi connectivity index (χ4v) is 4.25. The van der Waals surface area contributed by atoms with Crippen molar-refractivity contribution in [2.75, 3.05) is 6.54 Å². The van der Waals surface area contributed by atoms with Gasteiger partial charge >= 0.3 is 0 Å². The van der Waals surface area contributed by atoms with E-state index in [1.165, 1.54) is 17.7 Å². The van der Waals surface area contributed by atoms with Crippen LogP contribution >= 0.6 is 0 Å². The van der Waals surface area contributed by atoms with Gasteiger partial charge in [0.25, 0.3) is 0 Å². The third-order valence-corrected chi connectivity index (χ3v) is 5.73. The molecule has 0 saturated carbocycles. The molecule has 0 N–H and O–H groups in total. The summed E-state index contributed by atoms with van der Waals surface area (Å²) in [5.74, 6) is 0.839. The van der Waals surface area contributed by atoms with Gasteiger partial charge in [-0.25, -0.2) is 9.37 Å². The summed E-state index contributed by atoms with van der Waals surface area (Å²) in [7, 11) is 0. The first-order valence-corrected chi connectivity index (χ1v) is 10.2.